The van der Waals surface area contributed by atoms with Crippen LogP contribution in [-0.4, -0.2) is 13.2 Å². The average molecular weight is 397 g/mol. The van der Waals surface area contributed by atoms with Crippen LogP contribution in [0.3, 0.4) is 0 Å². The summed E-state index contributed by atoms with van der Waals surface area (Å²) in [7, 11) is 0. The smallest absolute Gasteiger partial charge is 0.170 e. The van der Waals surface area contributed by atoms with Crippen molar-refractivity contribution in [1.82, 2.24) is 0 Å². The van der Waals surface area contributed by atoms with E-state index >= 15 is 0 Å². The molecule has 1 aromatic heterocycles. The van der Waals surface area contributed by atoms with Gasteiger partial charge in [-0.2, -0.15) is 0 Å². The Kier molecular flexibility index (Phi) is 4.45. The average Bonchev–Trinajstić information content (AvgIpc) is 3.15. The van der Waals surface area contributed by atoms with Crippen LogP contribution in [0.5, 0.6) is 11.5 Å². The lowest BCUT2D eigenvalue weighted by molar-refractivity contribution is 0.311. The molecule has 29 heavy (non-hydrogen) atoms. The monoisotopic (exact) mass is 396 g/mol. The molecule has 0 saturated heterocycles. The Morgan fingerprint density at radius 3 is 2.34 bits per heavy atom. The van der Waals surface area contributed by atoms with E-state index in [0.717, 1.165) is 22.3 Å². The highest BCUT2D eigenvalue weighted by Gasteiger charge is 2.17. The van der Waals surface area contributed by atoms with Gasteiger partial charge in [0.1, 0.15) is 13.2 Å². The van der Waals surface area contributed by atoms with Crippen LogP contribution >= 0.6 is 11.3 Å². The summed E-state index contributed by atoms with van der Waals surface area (Å²) in [6, 6.07) is 21.4. The number of fused-ring (bicyclic) bond motifs is 7. The fourth-order valence-electron chi connectivity index (χ4n) is 3.91. The summed E-state index contributed by atoms with van der Waals surface area (Å²) in [6.45, 7) is 8.42. The predicted molar refractivity (Wildman–Crippen MR) is 126 cm³/mol. The molecule has 0 atom stereocenters. The SMILES string of the molecule is C=CCOc1ccc2ccc3sc4c5ccccc5ccc4c3c2c1OCC=C. The molecule has 5 rings (SSSR count). The zero-order valence-electron chi connectivity index (χ0n) is 16.0. The van der Waals surface area contributed by atoms with E-state index in [9.17, 15) is 0 Å². The molecule has 5 aromatic rings. The van der Waals surface area contributed by atoms with Crippen molar-refractivity contribution in [2.75, 3.05) is 13.2 Å². The summed E-state index contributed by atoms with van der Waals surface area (Å²) in [4.78, 5) is 0. The summed E-state index contributed by atoms with van der Waals surface area (Å²) in [6.07, 6.45) is 3.50. The highest BCUT2D eigenvalue weighted by atomic mass is 32.1. The molecule has 0 aliphatic carbocycles. The lowest BCUT2D eigenvalue weighted by Crippen LogP contribution is -2.00. The summed E-state index contributed by atoms with van der Waals surface area (Å²) in [5, 5.41) is 7.23. The second-order valence-corrected chi connectivity index (χ2v) is 7.95. The molecule has 2 nitrogen and oxygen atoms in total. The van der Waals surface area contributed by atoms with Gasteiger partial charge in [0.05, 0.1) is 0 Å². The van der Waals surface area contributed by atoms with Crippen LogP contribution < -0.4 is 9.47 Å². The van der Waals surface area contributed by atoms with Gasteiger partial charge in [-0.25, -0.2) is 0 Å². The Morgan fingerprint density at radius 1 is 0.724 bits per heavy atom. The normalized spacial score (nSPS) is 11.3. The number of thiophene rings is 1. The molecule has 4 aromatic carbocycles. The topological polar surface area (TPSA) is 18.5 Å². The summed E-state index contributed by atoms with van der Waals surface area (Å²) in [5.41, 5.74) is 0. The van der Waals surface area contributed by atoms with Crippen molar-refractivity contribution in [3.63, 3.8) is 0 Å². The molecule has 0 amide bonds. The number of hydrogen-bond donors (Lipinski definition) is 0. The van der Waals surface area contributed by atoms with Gasteiger partial charge in [0.15, 0.2) is 11.5 Å². The Morgan fingerprint density at radius 2 is 1.48 bits per heavy atom. The first-order valence-corrected chi connectivity index (χ1v) is 10.4. The summed E-state index contributed by atoms with van der Waals surface area (Å²) >= 11 is 1.83. The van der Waals surface area contributed by atoms with Gasteiger partial charge in [-0.15, -0.1) is 11.3 Å². The van der Waals surface area contributed by atoms with Crippen molar-refractivity contribution in [3.8, 4) is 11.5 Å². The maximum Gasteiger partial charge on any atom is 0.170 e. The van der Waals surface area contributed by atoms with Crippen molar-refractivity contribution in [2.24, 2.45) is 0 Å². The predicted octanol–water partition coefficient (Wildman–Crippen LogP) is 7.49. The molecule has 0 radical (unpaired) electrons. The molecule has 0 N–H and O–H groups in total. The van der Waals surface area contributed by atoms with E-state index in [2.05, 4.69) is 67.8 Å². The van der Waals surface area contributed by atoms with Crippen molar-refractivity contribution in [2.45, 2.75) is 0 Å². The minimum atomic E-state index is 0.422. The molecule has 3 heteroatoms. The minimum Gasteiger partial charge on any atom is -0.486 e. The molecule has 0 aliphatic rings. The second kappa shape index (κ2) is 7.26. The fourth-order valence-corrected chi connectivity index (χ4v) is 5.15. The third-order valence-corrected chi connectivity index (χ3v) is 6.33. The molecular weight excluding hydrogens is 376 g/mol. The van der Waals surface area contributed by atoms with Gasteiger partial charge >= 0.3 is 0 Å². The van der Waals surface area contributed by atoms with Crippen molar-refractivity contribution in [3.05, 3.63) is 86.0 Å². The first kappa shape index (κ1) is 17.8. The van der Waals surface area contributed by atoms with E-state index in [0.29, 0.717) is 13.2 Å². The summed E-state index contributed by atoms with van der Waals surface area (Å²) in [5.74, 6) is 1.49. The van der Waals surface area contributed by atoms with E-state index < -0.39 is 0 Å². The minimum absolute atomic E-state index is 0.422. The first-order chi connectivity index (χ1) is 14.3. The highest BCUT2D eigenvalue weighted by molar-refractivity contribution is 7.26. The molecule has 0 bridgehead atoms. The quantitative estimate of drug-likeness (QED) is 0.277. The fraction of sp³-hybridized carbons (Fsp3) is 0.0769. The maximum absolute atomic E-state index is 6.14. The Bertz CT molecular complexity index is 1390. The number of hydrogen-bond acceptors (Lipinski definition) is 3. The molecule has 0 unspecified atom stereocenters. The standard InChI is InChI=1S/C26H20O2S/c1-3-15-27-21-13-10-18-11-14-22-24(23(18)25(21)28-16-4-2)20-12-9-17-7-5-6-8-19(17)26(20)29-22/h3-14H,1-2,15-16H2. The van der Waals surface area contributed by atoms with Crippen molar-refractivity contribution < 1.29 is 9.47 Å². The van der Waals surface area contributed by atoms with Crippen molar-refractivity contribution in [1.29, 1.82) is 0 Å². The van der Waals surface area contributed by atoms with E-state index in [1.54, 1.807) is 12.2 Å². The number of rotatable bonds is 6. The van der Waals surface area contributed by atoms with E-state index in [-0.39, 0.29) is 0 Å². The molecule has 0 fully saturated rings. The van der Waals surface area contributed by atoms with Gasteiger partial charge in [0.25, 0.3) is 0 Å². The number of benzene rings is 4. The Labute approximate surface area is 173 Å². The largest absolute Gasteiger partial charge is 0.486 e. The van der Waals surface area contributed by atoms with Gasteiger partial charge < -0.3 is 9.47 Å². The van der Waals surface area contributed by atoms with Gasteiger partial charge in [-0.1, -0.05) is 73.8 Å². The van der Waals surface area contributed by atoms with Crippen LogP contribution in [0.2, 0.25) is 0 Å². The third kappa shape index (κ3) is 2.86. The maximum atomic E-state index is 6.14. The second-order valence-electron chi connectivity index (χ2n) is 6.89. The van der Waals surface area contributed by atoms with Crippen LogP contribution in [0.1, 0.15) is 0 Å². The molecule has 0 spiro atoms. The van der Waals surface area contributed by atoms with E-state index in [1.807, 2.05) is 17.4 Å². The molecule has 142 valence electrons. The Hall–Kier alpha value is -3.30. The van der Waals surface area contributed by atoms with Crippen LogP contribution in [0.15, 0.2) is 86.0 Å². The summed E-state index contributed by atoms with van der Waals surface area (Å²) < 4.78 is 14.6. The lowest BCUT2D eigenvalue weighted by atomic mass is 10.0. The van der Waals surface area contributed by atoms with Crippen LogP contribution in [0.4, 0.5) is 0 Å². The molecule has 0 saturated carbocycles. The third-order valence-electron chi connectivity index (χ3n) is 5.13. The van der Waals surface area contributed by atoms with Gasteiger partial charge in [-0.3, -0.25) is 0 Å². The first-order valence-electron chi connectivity index (χ1n) is 9.59. The Balaban J connectivity index is 1.91. The highest BCUT2D eigenvalue weighted by Crippen LogP contribution is 2.46. The van der Waals surface area contributed by atoms with Crippen LogP contribution in [0.25, 0.3) is 41.7 Å². The molecule has 1 heterocycles. The van der Waals surface area contributed by atoms with Gasteiger partial charge in [0, 0.05) is 25.6 Å². The van der Waals surface area contributed by atoms with E-state index in [4.69, 9.17) is 9.47 Å². The van der Waals surface area contributed by atoms with Gasteiger partial charge in [-0.05, 0) is 28.3 Å². The molecular formula is C26H20O2S. The van der Waals surface area contributed by atoms with Gasteiger partial charge in [0.2, 0.25) is 0 Å². The van der Waals surface area contributed by atoms with Crippen molar-refractivity contribution >= 4 is 53.1 Å². The lowest BCUT2D eigenvalue weighted by Gasteiger charge is -2.15. The van der Waals surface area contributed by atoms with E-state index in [1.165, 1.54) is 30.9 Å². The molecule has 0 aliphatic heterocycles. The number of ether oxygens (including phenoxy) is 2. The zero-order chi connectivity index (χ0) is 19.8. The van der Waals surface area contributed by atoms with Crippen LogP contribution in [0, 0.1) is 0 Å². The zero-order valence-corrected chi connectivity index (χ0v) is 16.8. The van der Waals surface area contributed by atoms with Crippen LogP contribution in [-0.2, 0) is 0 Å².